The number of nitrogens with zero attached hydrogens (tertiary/aromatic N) is 4. The van der Waals surface area contributed by atoms with Crippen LogP contribution in [0.3, 0.4) is 0 Å². The van der Waals surface area contributed by atoms with Crippen LogP contribution in [0.2, 0.25) is 0 Å². The van der Waals surface area contributed by atoms with Crippen LogP contribution in [-0.4, -0.2) is 20.2 Å². The summed E-state index contributed by atoms with van der Waals surface area (Å²) in [4.78, 5) is 0. The molecule has 1 aliphatic heterocycles. The monoisotopic (exact) mass is 137 g/mol. The average Bonchev–Trinajstić information content (AvgIpc) is 2.59. The highest BCUT2D eigenvalue weighted by atomic mass is 15.6. The molecule has 2 heterocycles. The van der Waals surface area contributed by atoms with E-state index in [1.165, 1.54) is 4.68 Å². The van der Waals surface area contributed by atoms with Gasteiger partial charge in [-0.1, -0.05) is 0 Å². The van der Waals surface area contributed by atoms with Gasteiger partial charge in [0.25, 0.3) is 0 Å². The second kappa shape index (κ2) is 1.98. The average molecular weight is 137 g/mol. The lowest BCUT2D eigenvalue weighted by Crippen LogP contribution is -2.28. The summed E-state index contributed by atoms with van der Waals surface area (Å²) >= 11 is 0. The lowest BCUT2D eigenvalue weighted by molar-refractivity contribution is 0.385. The van der Waals surface area contributed by atoms with Crippen molar-refractivity contribution in [3.8, 4) is 0 Å². The summed E-state index contributed by atoms with van der Waals surface area (Å²) in [6.07, 6.45) is 6.03. The van der Waals surface area contributed by atoms with Crippen molar-refractivity contribution in [3.05, 3.63) is 18.7 Å². The van der Waals surface area contributed by atoms with Crippen LogP contribution in [0.4, 0.5) is 0 Å². The van der Waals surface area contributed by atoms with Crippen LogP contribution in [0.25, 0.3) is 0 Å². The highest BCUT2D eigenvalue weighted by Gasteiger charge is 2.10. The molecule has 0 spiro atoms. The van der Waals surface area contributed by atoms with Gasteiger partial charge in [-0.2, -0.15) is 4.68 Å². The Labute approximate surface area is 56.9 Å². The Morgan fingerprint density at radius 1 is 1.40 bits per heavy atom. The van der Waals surface area contributed by atoms with Crippen molar-refractivity contribution in [2.45, 2.75) is 6.29 Å². The van der Waals surface area contributed by atoms with Crippen molar-refractivity contribution in [1.82, 2.24) is 30.8 Å². The summed E-state index contributed by atoms with van der Waals surface area (Å²) in [5.74, 6) is 0. The molecule has 1 aromatic heterocycles. The van der Waals surface area contributed by atoms with E-state index in [2.05, 4.69) is 32.5 Å². The molecule has 0 aliphatic carbocycles. The lowest BCUT2D eigenvalue weighted by atomic mass is 10.8. The molecule has 0 aromatic carbocycles. The predicted molar refractivity (Wildman–Crippen MR) is 31.1 cm³/mol. The molecule has 1 radical (unpaired) electrons. The maximum absolute atomic E-state index is 3.63. The van der Waals surface area contributed by atoms with Gasteiger partial charge in [-0.05, 0) is 10.4 Å². The van der Waals surface area contributed by atoms with Crippen LogP contribution < -0.4 is 10.6 Å². The molecule has 1 aromatic rings. The molecule has 10 heavy (non-hydrogen) atoms. The summed E-state index contributed by atoms with van der Waals surface area (Å²) in [6, 6.07) is 0. The van der Waals surface area contributed by atoms with Crippen LogP contribution >= 0.6 is 0 Å². The van der Waals surface area contributed by atoms with Gasteiger partial charge in [0.15, 0.2) is 6.29 Å². The van der Waals surface area contributed by atoms with Gasteiger partial charge in [-0.25, -0.2) is 0 Å². The van der Waals surface area contributed by atoms with E-state index in [1.54, 1.807) is 12.4 Å². The quantitative estimate of drug-likeness (QED) is 0.498. The predicted octanol–water partition coefficient (Wildman–Crippen LogP) is -1.41. The third-order valence-corrected chi connectivity index (χ3v) is 1.16. The van der Waals surface area contributed by atoms with Crippen molar-refractivity contribution in [3.63, 3.8) is 0 Å². The Kier molecular flexibility index (Phi) is 1.03. The van der Waals surface area contributed by atoms with Crippen LogP contribution in [-0.2, 0) is 0 Å². The first kappa shape index (κ1) is 5.21. The van der Waals surface area contributed by atoms with E-state index in [-0.39, 0.29) is 6.29 Å². The third-order valence-electron chi connectivity index (χ3n) is 1.16. The van der Waals surface area contributed by atoms with Gasteiger partial charge < -0.3 is 10.6 Å². The number of hydrogen-bond donors (Lipinski definition) is 2. The molecule has 0 fully saturated rings. The molecule has 0 atom stereocenters. The Bertz CT molecular complexity index is 218. The molecule has 0 saturated heterocycles. The smallest absolute Gasteiger partial charge is 0.225 e. The molecule has 2 rings (SSSR count). The minimum Gasteiger partial charge on any atom is -0.352 e. The van der Waals surface area contributed by atoms with Gasteiger partial charge in [-0.3, -0.25) is 0 Å². The Morgan fingerprint density at radius 3 is 2.80 bits per heavy atom. The first-order chi connectivity index (χ1) is 4.97. The molecule has 0 unspecified atom stereocenters. The number of tetrazole rings is 1. The molecular weight excluding hydrogens is 132 g/mol. The van der Waals surface area contributed by atoms with Crippen molar-refractivity contribution in [2.75, 3.05) is 0 Å². The highest BCUT2D eigenvalue weighted by Crippen LogP contribution is 1.96. The topological polar surface area (TPSA) is 67.7 Å². The minimum absolute atomic E-state index is 0.0880. The second-order valence-electron chi connectivity index (χ2n) is 1.79. The molecule has 51 valence electrons. The van der Waals surface area contributed by atoms with E-state index in [9.17, 15) is 0 Å². The summed E-state index contributed by atoms with van der Waals surface area (Å²) < 4.78 is 1.46. The van der Waals surface area contributed by atoms with E-state index >= 15 is 0 Å². The van der Waals surface area contributed by atoms with E-state index in [1.807, 2.05) is 0 Å². The number of rotatable bonds is 1. The van der Waals surface area contributed by atoms with Crippen molar-refractivity contribution in [2.24, 2.45) is 0 Å². The molecule has 6 heteroatoms. The SMILES string of the molecule is [c]1nnnn1C1NC=CN1. The van der Waals surface area contributed by atoms with Crippen molar-refractivity contribution >= 4 is 0 Å². The summed E-state index contributed by atoms with van der Waals surface area (Å²) in [5.41, 5.74) is 0. The van der Waals surface area contributed by atoms with Crippen LogP contribution in [0.1, 0.15) is 6.29 Å². The van der Waals surface area contributed by atoms with E-state index in [0.29, 0.717) is 0 Å². The Hall–Kier alpha value is -1.59. The second-order valence-corrected chi connectivity index (χ2v) is 1.79. The fourth-order valence-electron chi connectivity index (χ4n) is 0.726. The Balaban J connectivity index is 2.14. The van der Waals surface area contributed by atoms with Gasteiger partial charge in [0.05, 0.1) is 0 Å². The summed E-state index contributed by atoms with van der Waals surface area (Å²) in [7, 11) is 0. The fourth-order valence-corrected chi connectivity index (χ4v) is 0.726. The zero-order valence-corrected chi connectivity index (χ0v) is 5.02. The molecule has 0 bridgehead atoms. The first-order valence-corrected chi connectivity index (χ1v) is 2.79. The molecule has 0 saturated carbocycles. The Morgan fingerprint density at radius 2 is 2.20 bits per heavy atom. The maximum atomic E-state index is 3.63. The van der Waals surface area contributed by atoms with Crippen LogP contribution in [0, 0.1) is 6.33 Å². The largest absolute Gasteiger partial charge is 0.352 e. The van der Waals surface area contributed by atoms with Crippen LogP contribution in [0.5, 0.6) is 0 Å². The number of aromatic nitrogens is 4. The molecule has 6 nitrogen and oxygen atoms in total. The van der Waals surface area contributed by atoms with E-state index in [4.69, 9.17) is 0 Å². The maximum Gasteiger partial charge on any atom is 0.225 e. The lowest BCUT2D eigenvalue weighted by Gasteiger charge is -2.08. The van der Waals surface area contributed by atoms with Gasteiger partial charge >= 0.3 is 0 Å². The van der Waals surface area contributed by atoms with E-state index < -0.39 is 0 Å². The summed E-state index contributed by atoms with van der Waals surface area (Å²) in [5, 5.41) is 16.3. The van der Waals surface area contributed by atoms with Gasteiger partial charge in [-0.15, -0.1) is 5.10 Å². The summed E-state index contributed by atoms with van der Waals surface area (Å²) in [6.45, 7) is 0. The van der Waals surface area contributed by atoms with Crippen molar-refractivity contribution in [1.29, 1.82) is 0 Å². The standard InChI is InChI=1S/C4H5N6/c1-2-6-4(5-1)10-3-7-8-9-10/h1-2,4-6H. The third kappa shape index (κ3) is 0.697. The molecule has 0 amide bonds. The number of hydrogen-bond acceptors (Lipinski definition) is 5. The molecule has 2 N–H and O–H groups in total. The van der Waals surface area contributed by atoms with Crippen molar-refractivity contribution < 1.29 is 0 Å². The first-order valence-electron chi connectivity index (χ1n) is 2.79. The van der Waals surface area contributed by atoms with Gasteiger partial charge in [0.2, 0.25) is 6.33 Å². The van der Waals surface area contributed by atoms with Gasteiger partial charge in [0.1, 0.15) is 0 Å². The normalized spacial score (nSPS) is 16.8. The highest BCUT2D eigenvalue weighted by molar-refractivity contribution is 4.87. The van der Waals surface area contributed by atoms with E-state index in [0.717, 1.165) is 0 Å². The van der Waals surface area contributed by atoms with Gasteiger partial charge in [0, 0.05) is 12.4 Å². The molecular formula is C4H5N6. The minimum atomic E-state index is -0.0880. The molecule has 1 aliphatic rings. The zero-order chi connectivity index (χ0) is 6.81. The number of nitrogens with one attached hydrogen (secondary N) is 2. The fraction of sp³-hybridized carbons (Fsp3) is 0.250. The van der Waals surface area contributed by atoms with Crippen LogP contribution in [0.15, 0.2) is 12.4 Å². The zero-order valence-electron chi connectivity index (χ0n) is 5.02.